The van der Waals surface area contributed by atoms with E-state index in [-0.39, 0.29) is 5.41 Å². The monoisotopic (exact) mass is 200 g/mol. The SMILES string of the molecule is C#Cc1cc2c(cc1C)OCCC2(C)C. The minimum atomic E-state index is 0.173. The summed E-state index contributed by atoms with van der Waals surface area (Å²) in [6, 6.07) is 4.16. The Balaban J connectivity index is 2.63. The summed E-state index contributed by atoms with van der Waals surface area (Å²) in [5.41, 5.74) is 3.51. The Bertz CT molecular complexity index is 435. The Kier molecular flexibility index (Phi) is 2.23. The molecule has 0 N–H and O–H groups in total. The fourth-order valence-corrected chi connectivity index (χ4v) is 2.04. The molecule has 0 fully saturated rings. The highest BCUT2D eigenvalue weighted by molar-refractivity contribution is 5.51. The summed E-state index contributed by atoms with van der Waals surface area (Å²) in [4.78, 5) is 0. The molecule has 1 aromatic rings. The van der Waals surface area contributed by atoms with Crippen molar-refractivity contribution >= 4 is 0 Å². The number of hydrogen-bond donors (Lipinski definition) is 0. The summed E-state index contributed by atoms with van der Waals surface area (Å²) >= 11 is 0. The smallest absolute Gasteiger partial charge is 0.123 e. The standard InChI is InChI=1S/C14H16O/c1-5-11-9-12-13(8-10(11)2)15-7-6-14(12,3)4/h1,8-9H,6-7H2,2-4H3. The Labute approximate surface area is 91.5 Å². The van der Waals surface area contributed by atoms with Crippen LogP contribution in [0.15, 0.2) is 12.1 Å². The highest BCUT2D eigenvalue weighted by Crippen LogP contribution is 2.39. The van der Waals surface area contributed by atoms with Crippen LogP contribution in [-0.4, -0.2) is 6.61 Å². The van der Waals surface area contributed by atoms with E-state index in [4.69, 9.17) is 11.2 Å². The number of terminal acetylenes is 1. The molecule has 2 rings (SSSR count). The first-order valence-corrected chi connectivity index (χ1v) is 5.29. The van der Waals surface area contributed by atoms with Crippen LogP contribution in [0.5, 0.6) is 5.75 Å². The van der Waals surface area contributed by atoms with Crippen molar-refractivity contribution in [1.82, 2.24) is 0 Å². The van der Waals surface area contributed by atoms with Gasteiger partial charge < -0.3 is 4.74 Å². The van der Waals surface area contributed by atoms with Crippen LogP contribution in [0.25, 0.3) is 0 Å². The highest BCUT2D eigenvalue weighted by Gasteiger charge is 2.29. The van der Waals surface area contributed by atoms with Crippen molar-refractivity contribution in [3.63, 3.8) is 0 Å². The normalized spacial score (nSPS) is 17.5. The first-order valence-electron chi connectivity index (χ1n) is 5.29. The van der Waals surface area contributed by atoms with Crippen LogP contribution in [0, 0.1) is 19.3 Å². The van der Waals surface area contributed by atoms with Gasteiger partial charge in [-0.2, -0.15) is 0 Å². The maximum atomic E-state index is 5.67. The van der Waals surface area contributed by atoms with Gasteiger partial charge in [-0.3, -0.25) is 0 Å². The van der Waals surface area contributed by atoms with Gasteiger partial charge in [0.25, 0.3) is 0 Å². The largest absolute Gasteiger partial charge is 0.493 e. The van der Waals surface area contributed by atoms with Crippen molar-refractivity contribution in [1.29, 1.82) is 0 Å². The van der Waals surface area contributed by atoms with E-state index in [1.165, 1.54) is 5.56 Å². The second-order valence-electron chi connectivity index (χ2n) is 4.79. The molecule has 0 spiro atoms. The molecule has 0 amide bonds. The van der Waals surface area contributed by atoms with Crippen molar-refractivity contribution in [3.05, 3.63) is 28.8 Å². The third kappa shape index (κ3) is 1.61. The van der Waals surface area contributed by atoms with Crippen molar-refractivity contribution in [2.75, 3.05) is 6.61 Å². The van der Waals surface area contributed by atoms with E-state index >= 15 is 0 Å². The van der Waals surface area contributed by atoms with Crippen LogP contribution in [-0.2, 0) is 5.41 Å². The van der Waals surface area contributed by atoms with Gasteiger partial charge in [0, 0.05) is 11.1 Å². The molecule has 1 aromatic carbocycles. The lowest BCUT2D eigenvalue weighted by molar-refractivity contribution is 0.234. The topological polar surface area (TPSA) is 9.23 Å². The number of ether oxygens (including phenoxy) is 1. The molecular formula is C14H16O. The van der Waals surface area contributed by atoms with Crippen LogP contribution < -0.4 is 4.74 Å². The second kappa shape index (κ2) is 3.31. The summed E-state index contributed by atoms with van der Waals surface area (Å²) in [7, 11) is 0. The molecule has 1 heteroatoms. The van der Waals surface area contributed by atoms with E-state index in [0.717, 1.165) is 29.9 Å². The molecule has 1 aliphatic heterocycles. The maximum absolute atomic E-state index is 5.67. The quantitative estimate of drug-likeness (QED) is 0.585. The summed E-state index contributed by atoms with van der Waals surface area (Å²) in [6.45, 7) is 7.31. The van der Waals surface area contributed by atoms with E-state index in [0.29, 0.717) is 0 Å². The minimum Gasteiger partial charge on any atom is -0.493 e. The zero-order valence-electron chi connectivity index (χ0n) is 9.55. The predicted octanol–water partition coefficient (Wildman–Crippen LogP) is 3.04. The molecule has 0 saturated carbocycles. The Morgan fingerprint density at radius 3 is 2.80 bits per heavy atom. The van der Waals surface area contributed by atoms with Gasteiger partial charge in [-0.1, -0.05) is 19.8 Å². The van der Waals surface area contributed by atoms with Crippen LogP contribution in [0.2, 0.25) is 0 Å². The number of hydrogen-bond acceptors (Lipinski definition) is 1. The molecule has 0 radical (unpaired) electrons. The molecule has 1 heterocycles. The van der Waals surface area contributed by atoms with Gasteiger partial charge in [0.2, 0.25) is 0 Å². The van der Waals surface area contributed by atoms with Crippen LogP contribution >= 0.6 is 0 Å². The first-order chi connectivity index (χ1) is 7.04. The molecule has 0 aliphatic carbocycles. The van der Waals surface area contributed by atoms with Gasteiger partial charge in [-0.05, 0) is 36.5 Å². The fourth-order valence-electron chi connectivity index (χ4n) is 2.04. The molecule has 0 atom stereocenters. The van der Waals surface area contributed by atoms with E-state index < -0.39 is 0 Å². The van der Waals surface area contributed by atoms with Gasteiger partial charge in [-0.25, -0.2) is 0 Å². The second-order valence-corrected chi connectivity index (χ2v) is 4.79. The molecule has 1 nitrogen and oxygen atoms in total. The van der Waals surface area contributed by atoms with E-state index in [2.05, 4.69) is 31.9 Å². The third-order valence-corrected chi connectivity index (χ3v) is 3.20. The zero-order chi connectivity index (χ0) is 11.1. The predicted molar refractivity (Wildman–Crippen MR) is 62.3 cm³/mol. The van der Waals surface area contributed by atoms with Crippen LogP contribution in [0.1, 0.15) is 37.0 Å². The molecule has 0 unspecified atom stereocenters. The van der Waals surface area contributed by atoms with Crippen molar-refractivity contribution in [3.8, 4) is 18.1 Å². The van der Waals surface area contributed by atoms with E-state index in [1.54, 1.807) is 0 Å². The van der Waals surface area contributed by atoms with Gasteiger partial charge >= 0.3 is 0 Å². The number of rotatable bonds is 0. The van der Waals surface area contributed by atoms with E-state index in [9.17, 15) is 0 Å². The Hall–Kier alpha value is -1.42. The zero-order valence-corrected chi connectivity index (χ0v) is 9.55. The third-order valence-electron chi connectivity index (χ3n) is 3.20. The van der Waals surface area contributed by atoms with Gasteiger partial charge in [0.05, 0.1) is 6.61 Å². The fraction of sp³-hybridized carbons (Fsp3) is 0.429. The summed E-state index contributed by atoms with van der Waals surface area (Å²) in [5.74, 6) is 3.73. The first kappa shape index (κ1) is 10.1. The Morgan fingerprint density at radius 2 is 2.13 bits per heavy atom. The summed E-state index contributed by atoms with van der Waals surface area (Å²) in [5, 5.41) is 0. The molecule has 78 valence electrons. The summed E-state index contributed by atoms with van der Waals surface area (Å²) < 4.78 is 5.67. The average molecular weight is 200 g/mol. The molecule has 0 aromatic heterocycles. The molecule has 0 bridgehead atoms. The number of aryl methyl sites for hydroxylation is 1. The minimum absolute atomic E-state index is 0.173. The van der Waals surface area contributed by atoms with Gasteiger partial charge in [0.15, 0.2) is 0 Å². The van der Waals surface area contributed by atoms with Gasteiger partial charge in [0.1, 0.15) is 5.75 Å². The molecule has 1 aliphatic rings. The Morgan fingerprint density at radius 1 is 1.40 bits per heavy atom. The number of benzene rings is 1. The van der Waals surface area contributed by atoms with Gasteiger partial charge in [-0.15, -0.1) is 6.42 Å². The van der Waals surface area contributed by atoms with Crippen molar-refractivity contribution < 1.29 is 4.74 Å². The lowest BCUT2D eigenvalue weighted by Crippen LogP contribution is -2.26. The molecular weight excluding hydrogens is 184 g/mol. The number of fused-ring (bicyclic) bond motifs is 1. The van der Waals surface area contributed by atoms with Crippen LogP contribution in [0.4, 0.5) is 0 Å². The highest BCUT2D eigenvalue weighted by atomic mass is 16.5. The lowest BCUT2D eigenvalue weighted by Gasteiger charge is -2.32. The maximum Gasteiger partial charge on any atom is 0.123 e. The van der Waals surface area contributed by atoms with Crippen LogP contribution in [0.3, 0.4) is 0 Å². The van der Waals surface area contributed by atoms with Crippen molar-refractivity contribution in [2.45, 2.75) is 32.6 Å². The van der Waals surface area contributed by atoms with Crippen molar-refractivity contribution in [2.24, 2.45) is 0 Å². The van der Waals surface area contributed by atoms with E-state index in [1.807, 2.05) is 6.92 Å². The molecule has 15 heavy (non-hydrogen) atoms. The molecule has 0 saturated heterocycles. The summed E-state index contributed by atoms with van der Waals surface area (Å²) in [6.07, 6.45) is 6.53. The lowest BCUT2D eigenvalue weighted by atomic mass is 9.79. The average Bonchev–Trinajstić information content (AvgIpc) is 2.16.